The number of fused-ring (bicyclic) bond motifs is 2. The third-order valence-electron chi connectivity index (χ3n) is 10.2. The molecule has 1 aromatic carbocycles. The number of ether oxygens (including phenoxy) is 2. The lowest BCUT2D eigenvalue weighted by molar-refractivity contribution is -0.155. The first kappa shape index (κ1) is 29.1. The van der Waals surface area contributed by atoms with Crippen molar-refractivity contribution in [2.75, 3.05) is 39.8 Å². The Bertz CT molecular complexity index is 1160. The molecular weight excluding hydrogens is 540 g/mol. The van der Waals surface area contributed by atoms with Gasteiger partial charge in [-0.1, -0.05) is 30.8 Å². The molecule has 1 amide bonds. The van der Waals surface area contributed by atoms with Crippen LogP contribution in [0.5, 0.6) is 0 Å². The summed E-state index contributed by atoms with van der Waals surface area (Å²) in [5.41, 5.74) is 1.93. The molecule has 2 N–H and O–H groups in total. The highest BCUT2D eigenvalue weighted by atomic mass is 35.5. The summed E-state index contributed by atoms with van der Waals surface area (Å²) in [6.45, 7) is 7.97. The number of rotatable bonds is 6. The van der Waals surface area contributed by atoms with Crippen LogP contribution in [0.15, 0.2) is 36.9 Å². The van der Waals surface area contributed by atoms with Gasteiger partial charge in [-0.25, -0.2) is 0 Å². The number of likely N-dealkylation sites (tertiary alicyclic amines) is 1. The summed E-state index contributed by atoms with van der Waals surface area (Å²) < 4.78 is 13.1. The van der Waals surface area contributed by atoms with E-state index >= 15 is 0 Å². The van der Waals surface area contributed by atoms with Crippen molar-refractivity contribution < 1.29 is 14.3 Å². The van der Waals surface area contributed by atoms with E-state index in [0.29, 0.717) is 44.7 Å². The van der Waals surface area contributed by atoms with E-state index < -0.39 is 5.60 Å². The van der Waals surface area contributed by atoms with Crippen LogP contribution in [0.1, 0.15) is 55.0 Å². The quantitative estimate of drug-likeness (QED) is 0.391. The average molecular weight is 583 g/mol. The standard InChI is InChI=1S/C31H43ClN6O3/c1-3-27(39)38-16-15-37(18-22(38)11-13-33)29-25-10-12-31(28(32)24-9-5-4-7-21(24)19-41-31)17-26(25)34-30(35-29)40-20-23-8-6-14-36(23)2/h3-5,7,9,22-23,25-26,28-30,34-35H,1,6,8,10-12,14-20H2,2H3/t22?,23?,25?,26?,28?,29?,30?,31-/m0/s1. The second kappa shape index (κ2) is 12.3. The molecule has 9 nitrogen and oxygen atoms in total. The normalized spacial score (nSPS) is 37.8. The number of carbonyl (C=O) groups is 1. The van der Waals surface area contributed by atoms with Gasteiger partial charge < -0.3 is 19.3 Å². The average Bonchev–Trinajstić information content (AvgIpc) is 3.41. The lowest BCUT2D eigenvalue weighted by Gasteiger charge is -2.56. The number of hydrogen-bond donors (Lipinski definition) is 2. The molecule has 1 aliphatic carbocycles. The molecule has 0 aromatic heterocycles. The molecule has 3 saturated heterocycles. The number of nitriles is 1. The fourth-order valence-corrected chi connectivity index (χ4v) is 8.33. The monoisotopic (exact) mass is 582 g/mol. The summed E-state index contributed by atoms with van der Waals surface area (Å²) >= 11 is 7.22. The third kappa shape index (κ3) is 5.68. The highest BCUT2D eigenvalue weighted by Gasteiger charge is 2.54. The van der Waals surface area contributed by atoms with Gasteiger partial charge in [0.05, 0.1) is 48.9 Å². The maximum atomic E-state index is 12.5. The van der Waals surface area contributed by atoms with E-state index in [4.69, 9.17) is 21.1 Å². The van der Waals surface area contributed by atoms with Crippen molar-refractivity contribution in [3.63, 3.8) is 0 Å². The van der Waals surface area contributed by atoms with Gasteiger partial charge in [0, 0.05) is 37.6 Å². The van der Waals surface area contributed by atoms with Crippen LogP contribution < -0.4 is 10.6 Å². The molecular formula is C31H43ClN6O3. The van der Waals surface area contributed by atoms with E-state index in [1.807, 2.05) is 6.07 Å². The lowest BCUT2D eigenvalue weighted by atomic mass is 9.69. The number of likely N-dealkylation sites (N-methyl/N-ethyl adjacent to an activating group) is 1. The Hall–Kier alpha value is -2.03. The lowest BCUT2D eigenvalue weighted by Crippen LogP contribution is -2.73. The van der Waals surface area contributed by atoms with E-state index in [0.717, 1.165) is 38.8 Å². The molecule has 8 atom stereocenters. The highest BCUT2D eigenvalue weighted by molar-refractivity contribution is 6.21. The molecule has 1 aromatic rings. The van der Waals surface area contributed by atoms with Crippen molar-refractivity contribution in [2.45, 2.75) is 86.8 Å². The Morgan fingerprint density at radius 3 is 2.90 bits per heavy atom. The number of piperazine rings is 1. The Labute approximate surface area is 248 Å². The predicted molar refractivity (Wildman–Crippen MR) is 157 cm³/mol. The molecule has 7 unspecified atom stereocenters. The fourth-order valence-electron chi connectivity index (χ4n) is 7.86. The minimum absolute atomic E-state index is 0.0525. The van der Waals surface area contributed by atoms with E-state index in [2.05, 4.69) is 58.3 Å². The number of benzene rings is 1. The van der Waals surface area contributed by atoms with Crippen LogP contribution in [-0.2, 0) is 20.9 Å². The van der Waals surface area contributed by atoms with Crippen LogP contribution in [0.3, 0.4) is 0 Å². The van der Waals surface area contributed by atoms with Gasteiger partial charge in [-0.15, -0.1) is 11.6 Å². The zero-order valence-electron chi connectivity index (χ0n) is 24.0. The number of halogens is 1. The third-order valence-corrected chi connectivity index (χ3v) is 10.8. The van der Waals surface area contributed by atoms with Crippen molar-refractivity contribution in [2.24, 2.45) is 5.92 Å². The summed E-state index contributed by atoms with van der Waals surface area (Å²) in [5.74, 6) is 0.203. The topological polar surface area (TPSA) is 93.1 Å². The van der Waals surface area contributed by atoms with Crippen molar-refractivity contribution in [3.8, 4) is 6.07 Å². The van der Waals surface area contributed by atoms with E-state index in [-0.39, 0.29) is 35.9 Å². The van der Waals surface area contributed by atoms with Crippen LogP contribution in [0.2, 0.25) is 0 Å². The van der Waals surface area contributed by atoms with Gasteiger partial charge in [-0.3, -0.25) is 20.3 Å². The number of amides is 1. The van der Waals surface area contributed by atoms with E-state index in [1.54, 1.807) is 4.90 Å². The molecule has 5 aliphatic rings. The Balaban J connectivity index is 1.22. The predicted octanol–water partition coefficient (Wildman–Crippen LogP) is 2.93. The molecule has 6 rings (SSSR count). The largest absolute Gasteiger partial charge is 0.368 e. The van der Waals surface area contributed by atoms with Crippen LogP contribution in [-0.4, -0.2) is 96.7 Å². The zero-order chi connectivity index (χ0) is 28.6. The number of nitrogens with one attached hydrogen (secondary N) is 2. The summed E-state index contributed by atoms with van der Waals surface area (Å²) in [6.07, 6.45) is 6.39. The molecule has 1 spiro atoms. The van der Waals surface area contributed by atoms with Gasteiger partial charge in [-0.2, -0.15) is 5.26 Å². The van der Waals surface area contributed by atoms with Crippen molar-refractivity contribution in [1.82, 2.24) is 25.3 Å². The van der Waals surface area contributed by atoms with Gasteiger partial charge in [0.1, 0.15) is 0 Å². The Kier molecular flexibility index (Phi) is 8.71. The van der Waals surface area contributed by atoms with Gasteiger partial charge in [0.25, 0.3) is 0 Å². The van der Waals surface area contributed by atoms with Crippen molar-refractivity contribution in [1.29, 1.82) is 5.26 Å². The molecule has 1 saturated carbocycles. The molecule has 222 valence electrons. The SMILES string of the molecule is C=CC(=O)N1CCN(C2NC(OCC3CCCN3C)NC3C[C@]4(CCC32)OCc2ccccc2C4Cl)CC1CC#N. The van der Waals surface area contributed by atoms with Crippen LogP contribution in [0.25, 0.3) is 0 Å². The van der Waals surface area contributed by atoms with E-state index in [9.17, 15) is 10.1 Å². The maximum Gasteiger partial charge on any atom is 0.246 e. The van der Waals surface area contributed by atoms with E-state index in [1.165, 1.54) is 23.6 Å². The molecule has 0 bridgehead atoms. The minimum Gasteiger partial charge on any atom is -0.368 e. The first-order valence-corrected chi connectivity index (χ1v) is 15.6. The van der Waals surface area contributed by atoms with Gasteiger partial charge in [-0.05, 0) is 62.9 Å². The zero-order valence-corrected chi connectivity index (χ0v) is 24.8. The highest BCUT2D eigenvalue weighted by Crippen LogP contribution is 2.51. The molecule has 0 radical (unpaired) electrons. The van der Waals surface area contributed by atoms with Gasteiger partial charge >= 0.3 is 0 Å². The molecule has 41 heavy (non-hydrogen) atoms. The number of nitrogens with zero attached hydrogens (tertiary/aromatic N) is 4. The molecule has 4 fully saturated rings. The summed E-state index contributed by atoms with van der Waals surface area (Å²) in [7, 11) is 2.17. The number of carbonyl (C=O) groups excluding carboxylic acids is 1. The molecule has 4 heterocycles. The van der Waals surface area contributed by atoms with Crippen LogP contribution >= 0.6 is 11.6 Å². The smallest absolute Gasteiger partial charge is 0.246 e. The van der Waals surface area contributed by atoms with Crippen molar-refractivity contribution in [3.05, 3.63) is 48.0 Å². The number of alkyl halides is 1. The fraction of sp³-hybridized carbons (Fsp3) is 0.677. The van der Waals surface area contributed by atoms with Crippen LogP contribution in [0.4, 0.5) is 0 Å². The summed E-state index contributed by atoms with van der Waals surface area (Å²) in [6, 6.07) is 11.1. The minimum atomic E-state index is -0.430. The molecule has 4 aliphatic heterocycles. The van der Waals surface area contributed by atoms with Gasteiger partial charge in [0.15, 0.2) is 6.35 Å². The summed E-state index contributed by atoms with van der Waals surface area (Å²) in [5, 5.41) is 16.9. The van der Waals surface area contributed by atoms with Crippen molar-refractivity contribution >= 4 is 17.5 Å². The van der Waals surface area contributed by atoms with Gasteiger partial charge in [0.2, 0.25) is 5.91 Å². The Morgan fingerprint density at radius 2 is 2.12 bits per heavy atom. The summed E-state index contributed by atoms with van der Waals surface area (Å²) in [4.78, 5) is 19.2. The Morgan fingerprint density at radius 1 is 1.27 bits per heavy atom. The van der Waals surface area contributed by atoms with Crippen LogP contribution in [0, 0.1) is 17.2 Å². The second-order valence-electron chi connectivity index (χ2n) is 12.4. The first-order valence-electron chi connectivity index (χ1n) is 15.2. The second-order valence-corrected chi connectivity index (χ2v) is 12.9. The number of hydrogen-bond acceptors (Lipinski definition) is 8. The first-order chi connectivity index (χ1) is 19.9. The molecule has 10 heteroatoms. The maximum absolute atomic E-state index is 12.5.